The normalized spacial score (nSPS) is 23.5. The van der Waals surface area contributed by atoms with Gasteiger partial charge in [-0.05, 0) is 30.2 Å². The first kappa shape index (κ1) is 16.8. The Kier molecular flexibility index (Phi) is 8.06. The third-order valence-electron chi connectivity index (χ3n) is 2.46. The fourth-order valence-electron chi connectivity index (χ4n) is 1.58. The Bertz CT molecular complexity index is 374. The van der Waals surface area contributed by atoms with Gasteiger partial charge in [0.2, 0.25) is 0 Å². The Labute approximate surface area is 171 Å². The van der Waals surface area contributed by atoms with Crippen LogP contribution in [-0.2, 0) is 16.1 Å². The summed E-state index contributed by atoms with van der Waals surface area (Å²) in [5.41, 5.74) is 0.886. The van der Waals surface area contributed by atoms with Gasteiger partial charge in [-0.1, -0.05) is 30.1 Å². The van der Waals surface area contributed by atoms with E-state index in [1.807, 2.05) is 12.7 Å². The molecule has 17 heavy (non-hydrogen) atoms. The smallest absolute Gasteiger partial charge is 0.529 e. The predicted molar refractivity (Wildman–Crippen MR) is 64.2 cm³/mol. The summed E-state index contributed by atoms with van der Waals surface area (Å²) in [5.74, 6) is 0.444. The van der Waals surface area contributed by atoms with Crippen LogP contribution in [0, 0.1) is 12.5 Å². The van der Waals surface area contributed by atoms with E-state index in [2.05, 4.69) is 6.92 Å². The monoisotopic (exact) mass is 392 g/mol. The van der Waals surface area contributed by atoms with Gasteiger partial charge in [0.05, 0.1) is 6.61 Å². The molecular weight excluding hydrogens is 380 g/mol. The molecule has 5 heteroatoms. The molecule has 1 saturated heterocycles. The Hall–Kier alpha value is 1.77. The molecule has 0 bridgehead atoms. The molecular formula is C12H13Cl2CsO2. The molecule has 1 unspecified atom stereocenters. The fraction of sp³-hybridized carbons (Fsp3) is 0.417. The van der Waals surface area contributed by atoms with E-state index in [-0.39, 0.29) is 75.2 Å². The maximum atomic E-state index is 6.02. The molecule has 0 aliphatic carbocycles. The summed E-state index contributed by atoms with van der Waals surface area (Å²) < 4.78 is 10.9. The molecule has 1 aromatic carbocycles. The molecule has 1 aliphatic rings. The van der Waals surface area contributed by atoms with Gasteiger partial charge < -0.3 is 9.47 Å². The first-order valence-corrected chi connectivity index (χ1v) is 5.95. The Morgan fingerprint density at radius 2 is 2.24 bits per heavy atom. The summed E-state index contributed by atoms with van der Waals surface area (Å²) in [6.45, 7) is 4.32. The fourth-order valence-corrected chi connectivity index (χ4v) is 1.95. The quantitative estimate of drug-likeness (QED) is 0.716. The summed E-state index contributed by atoms with van der Waals surface area (Å²) in [4.78, 5) is 0. The van der Waals surface area contributed by atoms with Gasteiger partial charge in [-0.25, -0.2) is 6.61 Å². The van der Waals surface area contributed by atoms with Crippen LogP contribution < -0.4 is 68.9 Å². The molecule has 0 spiro atoms. The summed E-state index contributed by atoms with van der Waals surface area (Å²) >= 11 is 11.9. The predicted octanol–water partition coefficient (Wildman–Crippen LogP) is 1.06. The van der Waals surface area contributed by atoms with Crippen molar-refractivity contribution in [3.8, 4) is 0 Å². The second kappa shape index (κ2) is 8.15. The van der Waals surface area contributed by atoms with Crippen LogP contribution in [0.4, 0.5) is 0 Å². The van der Waals surface area contributed by atoms with E-state index in [1.165, 1.54) is 0 Å². The minimum Gasteiger partial charge on any atom is -0.529 e. The third-order valence-corrected chi connectivity index (χ3v) is 3.06. The minimum atomic E-state index is -0.162. The first-order valence-electron chi connectivity index (χ1n) is 5.19. The van der Waals surface area contributed by atoms with Crippen molar-refractivity contribution in [3.05, 3.63) is 40.4 Å². The molecule has 1 aliphatic heterocycles. The van der Waals surface area contributed by atoms with E-state index in [9.17, 15) is 0 Å². The topological polar surface area (TPSA) is 18.5 Å². The second-order valence-electron chi connectivity index (χ2n) is 3.96. The molecule has 1 fully saturated rings. The van der Waals surface area contributed by atoms with E-state index in [4.69, 9.17) is 32.7 Å². The molecule has 2 rings (SSSR count). The van der Waals surface area contributed by atoms with Crippen LogP contribution in [0.5, 0.6) is 0 Å². The van der Waals surface area contributed by atoms with Gasteiger partial charge in [-0.3, -0.25) is 0 Å². The van der Waals surface area contributed by atoms with Crippen LogP contribution >= 0.6 is 23.2 Å². The Balaban J connectivity index is 0.00000144. The average molecular weight is 393 g/mol. The molecule has 88 valence electrons. The van der Waals surface area contributed by atoms with Crippen molar-refractivity contribution in [3.63, 3.8) is 0 Å². The maximum absolute atomic E-state index is 6.02. The van der Waals surface area contributed by atoms with Crippen LogP contribution in [0.3, 0.4) is 0 Å². The van der Waals surface area contributed by atoms with Crippen molar-refractivity contribution in [2.45, 2.75) is 26.2 Å². The van der Waals surface area contributed by atoms with Gasteiger partial charge in [0.1, 0.15) is 6.29 Å². The summed E-state index contributed by atoms with van der Waals surface area (Å²) in [6.07, 6.45) is 0.725. The average Bonchev–Trinajstić information content (AvgIpc) is 2.66. The standard InChI is InChI=1S/C12H13Cl2O2.Cs/c1-8-4-12(15-6-8)16-7-9-5-10(13)2-3-11(9)14;/h2-3,5-6,8,12H,4,7H2,1H3;/q-1;+1/t8-,12?;/m1./s1. The molecule has 2 nitrogen and oxygen atoms in total. The molecule has 2 atom stereocenters. The number of hydrogen-bond donors (Lipinski definition) is 0. The molecule has 0 N–H and O–H groups in total. The molecule has 1 aromatic rings. The van der Waals surface area contributed by atoms with Crippen molar-refractivity contribution in [1.82, 2.24) is 0 Å². The van der Waals surface area contributed by atoms with Crippen molar-refractivity contribution in [1.29, 1.82) is 0 Å². The minimum absolute atomic E-state index is 0. The van der Waals surface area contributed by atoms with E-state index >= 15 is 0 Å². The van der Waals surface area contributed by atoms with Crippen molar-refractivity contribution in [2.24, 2.45) is 5.92 Å². The molecule has 0 radical (unpaired) electrons. The summed E-state index contributed by atoms with van der Waals surface area (Å²) in [6, 6.07) is 5.34. The Morgan fingerprint density at radius 1 is 1.47 bits per heavy atom. The van der Waals surface area contributed by atoms with Crippen LogP contribution in [0.25, 0.3) is 0 Å². The van der Waals surface area contributed by atoms with Crippen LogP contribution in [0.15, 0.2) is 18.2 Å². The maximum Gasteiger partial charge on any atom is 1.00 e. The van der Waals surface area contributed by atoms with E-state index < -0.39 is 0 Å². The molecule has 0 aromatic heterocycles. The van der Waals surface area contributed by atoms with Crippen molar-refractivity contribution < 1.29 is 78.4 Å². The van der Waals surface area contributed by atoms with Gasteiger partial charge in [0, 0.05) is 10.0 Å². The van der Waals surface area contributed by atoms with E-state index in [1.54, 1.807) is 12.1 Å². The van der Waals surface area contributed by atoms with E-state index in [0.29, 0.717) is 22.6 Å². The van der Waals surface area contributed by atoms with Crippen LogP contribution in [0.1, 0.15) is 18.9 Å². The third kappa shape index (κ3) is 5.34. The second-order valence-corrected chi connectivity index (χ2v) is 4.81. The van der Waals surface area contributed by atoms with Crippen molar-refractivity contribution in [2.75, 3.05) is 0 Å². The number of hydrogen-bond acceptors (Lipinski definition) is 2. The van der Waals surface area contributed by atoms with E-state index in [0.717, 1.165) is 12.0 Å². The number of benzene rings is 1. The first-order chi connectivity index (χ1) is 7.65. The number of rotatable bonds is 3. The Morgan fingerprint density at radius 3 is 2.88 bits per heavy atom. The largest absolute Gasteiger partial charge is 1.00 e. The van der Waals surface area contributed by atoms with Gasteiger partial charge in [-0.2, -0.15) is 0 Å². The molecule has 0 saturated carbocycles. The zero-order valence-electron chi connectivity index (χ0n) is 9.95. The van der Waals surface area contributed by atoms with Crippen LogP contribution in [0.2, 0.25) is 10.0 Å². The zero-order valence-corrected chi connectivity index (χ0v) is 17.7. The van der Waals surface area contributed by atoms with Crippen molar-refractivity contribution >= 4 is 23.2 Å². The SMILES string of the molecule is C[C@H]1[CH-]OC(OCc2cc(Cl)ccc2Cl)C1.[Cs+]. The van der Waals surface area contributed by atoms with Gasteiger partial charge in [-0.15, -0.1) is 5.92 Å². The van der Waals surface area contributed by atoms with Crippen LogP contribution in [-0.4, -0.2) is 6.29 Å². The molecule has 1 heterocycles. The number of halogens is 2. The molecule has 0 amide bonds. The zero-order chi connectivity index (χ0) is 11.5. The number of ether oxygens (including phenoxy) is 2. The summed E-state index contributed by atoms with van der Waals surface area (Å²) in [7, 11) is 0. The summed E-state index contributed by atoms with van der Waals surface area (Å²) in [5, 5.41) is 1.33. The van der Waals surface area contributed by atoms with Gasteiger partial charge in [0.15, 0.2) is 0 Å². The van der Waals surface area contributed by atoms with Gasteiger partial charge in [0.25, 0.3) is 0 Å². The van der Waals surface area contributed by atoms with Gasteiger partial charge >= 0.3 is 68.9 Å².